The fourth-order valence-electron chi connectivity index (χ4n) is 2.27. The summed E-state index contributed by atoms with van der Waals surface area (Å²) in [6.45, 7) is 3.10. The number of methoxy groups -OCH3 is 1. The molecule has 0 bridgehead atoms. The van der Waals surface area contributed by atoms with E-state index in [4.69, 9.17) is 27.9 Å². The molecular weight excluding hydrogens is 363 g/mol. The molecule has 0 heterocycles. The lowest BCUT2D eigenvalue weighted by atomic mass is 10.2. The minimum absolute atomic E-state index is 0.149. The molecule has 0 atom stereocenters. The number of nitrogens with zero attached hydrogens (tertiary/aromatic N) is 1. The maximum atomic E-state index is 12.4. The lowest BCUT2D eigenvalue weighted by molar-refractivity contribution is -0.120. The third-order valence-electron chi connectivity index (χ3n) is 3.60. The van der Waals surface area contributed by atoms with Crippen LogP contribution in [0.25, 0.3) is 0 Å². The molecule has 0 aromatic heterocycles. The van der Waals surface area contributed by atoms with Gasteiger partial charge in [0.05, 0.1) is 12.1 Å². The van der Waals surface area contributed by atoms with Crippen molar-refractivity contribution in [2.75, 3.05) is 23.9 Å². The quantitative estimate of drug-likeness (QED) is 0.840. The number of amides is 2. The van der Waals surface area contributed by atoms with E-state index in [0.717, 1.165) is 5.56 Å². The standard InChI is InChI=1S/C18H18Cl2N2O3/c1-11-4-5-13(19)8-16(11)21-18(24)10-22(12(2)23)14-6-7-17(25-3)15(20)9-14/h4-9H,10H2,1-3H3,(H,21,24). The first-order chi connectivity index (χ1) is 11.8. The van der Waals surface area contributed by atoms with Gasteiger partial charge in [0, 0.05) is 23.3 Å². The second-order valence-corrected chi connectivity index (χ2v) is 6.28. The molecule has 2 rings (SSSR count). The first-order valence-electron chi connectivity index (χ1n) is 7.49. The van der Waals surface area contributed by atoms with Gasteiger partial charge in [-0.25, -0.2) is 0 Å². The number of benzene rings is 2. The summed E-state index contributed by atoms with van der Waals surface area (Å²) in [4.78, 5) is 25.7. The van der Waals surface area contributed by atoms with E-state index >= 15 is 0 Å². The summed E-state index contributed by atoms with van der Waals surface area (Å²) in [7, 11) is 1.50. The summed E-state index contributed by atoms with van der Waals surface area (Å²) in [5, 5.41) is 3.65. The molecule has 0 aliphatic heterocycles. The van der Waals surface area contributed by atoms with E-state index in [-0.39, 0.29) is 18.4 Å². The molecule has 5 nitrogen and oxygen atoms in total. The monoisotopic (exact) mass is 380 g/mol. The van der Waals surface area contributed by atoms with Gasteiger partial charge in [-0.05, 0) is 42.8 Å². The second-order valence-electron chi connectivity index (χ2n) is 5.43. The van der Waals surface area contributed by atoms with E-state index in [1.165, 1.54) is 18.9 Å². The highest BCUT2D eigenvalue weighted by molar-refractivity contribution is 6.32. The fourth-order valence-corrected chi connectivity index (χ4v) is 2.69. The molecule has 0 fully saturated rings. The molecule has 2 amide bonds. The summed E-state index contributed by atoms with van der Waals surface area (Å²) in [5.41, 5.74) is 1.99. The van der Waals surface area contributed by atoms with Crippen LogP contribution < -0.4 is 15.0 Å². The van der Waals surface area contributed by atoms with Crippen molar-refractivity contribution in [1.82, 2.24) is 0 Å². The van der Waals surface area contributed by atoms with E-state index in [0.29, 0.717) is 27.2 Å². The summed E-state index contributed by atoms with van der Waals surface area (Å²) in [6.07, 6.45) is 0. The molecule has 0 saturated carbocycles. The second kappa shape index (κ2) is 8.23. The molecule has 25 heavy (non-hydrogen) atoms. The Morgan fingerprint density at radius 3 is 2.48 bits per heavy atom. The largest absolute Gasteiger partial charge is 0.495 e. The van der Waals surface area contributed by atoms with Gasteiger partial charge in [0.2, 0.25) is 11.8 Å². The molecule has 1 N–H and O–H groups in total. The van der Waals surface area contributed by atoms with Gasteiger partial charge in [0.1, 0.15) is 12.3 Å². The maximum Gasteiger partial charge on any atom is 0.244 e. The number of halogens is 2. The first kappa shape index (κ1) is 19.1. The van der Waals surface area contributed by atoms with Crippen LogP contribution in [0.2, 0.25) is 10.0 Å². The zero-order valence-corrected chi connectivity index (χ0v) is 15.6. The Balaban J connectivity index is 2.18. The number of rotatable bonds is 5. The Morgan fingerprint density at radius 2 is 1.88 bits per heavy atom. The van der Waals surface area contributed by atoms with E-state index in [2.05, 4.69) is 5.32 Å². The minimum Gasteiger partial charge on any atom is -0.495 e. The zero-order chi connectivity index (χ0) is 18.6. The lowest BCUT2D eigenvalue weighted by Gasteiger charge is -2.21. The van der Waals surface area contributed by atoms with Crippen LogP contribution in [0.3, 0.4) is 0 Å². The van der Waals surface area contributed by atoms with Crippen molar-refractivity contribution in [3.63, 3.8) is 0 Å². The van der Waals surface area contributed by atoms with Gasteiger partial charge in [0.25, 0.3) is 0 Å². The van der Waals surface area contributed by atoms with Crippen molar-refractivity contribution in [3.05, 3.63) is 52.0 Å². The normalized spacial score (nSPS) is 10.3. The first-order valence-corrected chi connectivity index (χ1v) is 8.25. The summed E-state index contributed by atoms with van der Waals surface area (Å²) < 4.78 is 5.10. The molecule has 2 aromatic rings. The summed E-state index contributed by atoms with van der Waals surface area (Å²) >= 11 is 12.1. The number of carbonyl (C=O) groups is 2. The number of nitrogens with one attached hydrogen (secondary N) is 1. The Labute approximate surface area is 156 Å². The number of carbonyl (C=O) groups excluding carboxylic acids is 2. The number of aryl methyl sites for hydroxylation is 1. The van der Waals surface area contributed by atoms with Gasteiger partial charge in [-0.3, -0.25) is 9.59 Å². The molecule has 0 unspecified atom stereocenters. The highest BCUT2D eigenvalue weighted by atomic mass is 35.5. The predicted octanol–water partition coefficient (Wildman–Crippen LogP) is 4.30. The van der Waals surface area contributed by atoms with Crippen molar-refractivity contribution < 1.29 is 14.3 Å². The highest BCUT2D eigenvalue weighted by Gasteiger charge is 2.18. The fraction of sp³-hybridized carbons (Fsp3) is 0.222. The molecule has 0 aliphatic carbocycles. The van der Waals surface area contributed by atoms with Gasteiger partial charge in [0.15, 0.2) is 0 Å². The van der Waals surface area contributed by atoms with Crippen LogP contribution in [0.4, 0.5) is 11.4 Å². The molecule has 0 spiro atoms. The third kappa shape index (κ3) is 4.87. The maximum absolute atomic E-state index is 12.4. The smallest absolute Gasteiger partial charge is 0.244 e. The van der Waals surface area contributed by atoms with Crippen LogP contribution in [0, 0.1) is 6.92 Å². The molecule has 0 radical (unpaired) electrons. The van der Waals surface area contributed by atoms with Gasteiger partial charge >= 0.3 is 0 Å². The molecule has 132 valence electrons. The minimum atomic E-state index is -0.340. The zero-order valence-electron chi connectivity index (χ0n) is 14.1. The van der Waals surface area contributed by atoms with Crippen LogP contribution in [0.1, 0.15) is 12.5 Å². The van der Waals surface area contributed by atoms with Crippen molar-refractivity contribution in [3.8, 4) is 5.75 Å². The molecule has 0 aliphatic rings. The van der Waals surface area contributed by atoms with Crippen LogP contribution in [-0.4, -0.2) is 25.5 Å². The van der Waals surface area contributed by atoms with Crippen molar-refractivity contribution >= 4 is 46.4 Å². The highest BCUT2D eigenvalue weighted by Crippen LogP contribution is 2.29. The Morgan fingerprint density at radius 1 is 1.16 bits per heavy atom. The number of anilines is 2. The number of hydrogen-bond donors (Lipinski definition) is 1. The lowest BCUT2D eigenvalue weighted by Crippen LogP contribution is -2.36. The van der Waals surface area contributed by atoms with Gasteiger partial charge in [-0.2, -0.15) is 0 Å². The van der Waals surface area contributed by atoms with E-state index in [1.54, 1.807) is 30.3 Å². The van der Waals surface area contributed by atoms with E-state index in [1.807, 2.05) is 13.0 Å². The van der Waals surface area contributed by atoms with Crippen LogP contribution in [-0.2, 0) is 9.59 Å². The van der Waals surface area contributed by atoms with Gasteiger partial charge in [-0.15, -0.1) is 0 Å². The molecular formula is C18H18Cl2N2O3. The SMILES string of the molecule is COc1ccc(N(CC(=O)Nc2cc(Cl)ccc2C)C(C)=O)cc1Cl. The van der Waals surface area contributed by atoms with Gasteiger partial charge in [-0.1, -0.05) is 29.3 Å². The molecule has 2 aromatic carbocycles. The van der Waals surface area contributed by atoms with Crippen LogP contribution >= 0.6 is 23.2 Å². The van der Waals surface area contributed by atoms with E-state index < -0.39 is 0 Å². The van der Waals surface area contributed by atoms with Crippen molar-refractivity contribution in [1.29, 1.82) is 0 Å². The van der Waals surface area contributed by atoms with Crippen molar-refractivity contribution in [2.45, 2.75) is 13.8 Å². The van der Waals surface area contributed by atoms with Gasteiger partial charge < -0.3 is 15.0 Å². The third-order valence-corrected chi connectivity index (χ3v) is 4.13. The number of hydrogen-bond acceptors (Lipinski definition) is 3. The van der Waals surface area contributed by atoms with Crippen molar-refractivity contribution in [2.24, 2.45) is 0 Å². The average Bonchev–Trinajstić information content (AvgIpc) is 2.55. The van der Waals surface area contributed by atoms with Crippen LogP contribution in [0.15, 0.2) is 36.4 Å². The average molecular weight is 381 g/mol. The Kier molecular flexibility index (Phi) is 6.28. The summed E-state index contributed by atoms with van der Waals surface area (Å²) in [6, 6.07) is 10.1. The molecule has 7 heteroatoms. The van der Waals surface area contributed by atoms with E-state index in [9.17, 15) is 9.59 Å². The number of ether oxygens (including phenoxy) is 1. The Hall–Kier alpha value is -2.24. The van der Waals surface area contributed by atoms with Crippen LogP contribution in [0.5, 0.6) is 5.75 Å². The topological polar surface area (TPSA) is 58.6 Å². The summed E-state index contributed by atoms with van der Waals surface area (Å²) in [5.74, 6) is -0.125. The Bertz CT molecular complexity index is 809. The predicted molar refractivity (Wildman–Crippen MR) is 101 cm³/mol. The molecule has 0 saturated heterocycles.